The molecule has 1 heterocycles. The summed E-state index contributed by atoms with van der Waals surface area (Å²) in [6, 6.07) is 0. The third-order valence-electron chi connectivity index (χ3n) is 4.58. The minimum atomic E-state index is -0.597. The first-order valence-corrected chi connectivity index (χ1v) is 6.03. The molecule has 0 bridgehead atoms. The summed E-state index contributed by atoms with van der Waals surface area (Å²) in [5, 5.41) is 0. The average molecular weight is 231 g/mol. The number of carbonyl (C=O) groups is 1. The molecule has 1 fully saturated rings. The van der Waals surface area contributed by atoms with Crippen molar-refractivity contribution in [1.29, 1.82) is 0 Å². The fourth-order valence-electron chi connectivity index (χ4n) is 3.38. The van der Waals surface area contributed by atoms with E-state index in [1.165, 1.54) is 0 Å². The number of amides is 1. The van der Waals surface area contributed by atoms with E-state index in [4.69, 9.17) is 6.57 Å². The fraction of sp³-hybridized carbons (Fsp3) is 0.571. The number of hydrogen-bond donors (Lipinski definition) is 0. The summed E-state index contributed by atoms with van der Waals surface area (Å²) in [5.74, 6) is 0.127. The highest BCUT2D eigenvalue weighted by Crippen LogP contribution is 2.54. The van der Waals surface area contributed by atoms with Crippen LogP contribution in [-0.2, 0) is 4.79 Å². The molecular formula is C14H19N2O+. The number of allylic oxidation sites excluding steroid dienone is 2. The summed E-state index contributed by atoms with van der Waals surface area (Å²) in [7, 11) is 1.81. The average Bonchev–Trinajstić information content (AvgIpc) is 2.34. The van der Waals surface area contributed by atoms with E-state index in [0.29, 0.717) is 6.42 Å². The Morgan fingerprint density at radius 1 is 1.59 bits per heavy atom. The van der Waals surface area contributed by atoms with Gasteiger partial charge in [0.05, 0.1) is 11.8 Å². The lowest BCUT2D eigenvalue weighted by atomic mass is 9.61. The lowest BCUT2D eigenvalue weighted by molar-refractivity contribution is -0.145. The first kappa shape index (κ1) is 11.9. The van der Waals surface area contributed by atoms with Crippen LogP contribution in [0.5, 0.6) is 0 Å². The van der Waals surface area contributed by atoms with Gasteiger partial charge in [-0.15, -0.1) is 0 Å². The molecule has 3 heteroatoms. The van der Waals surface area contributed by atoms with Gasteiger partial charge in [0.15, 0.2) is 0 Å². The van der Waals surface area contributed by atoms with Crippen molar-refractivity contribution in [3.8, 4) is 6.57 Å². The molecule has 0 aromatic carbocycles. The van der Waals surface area contributed by atoms with Gasteiger partial charge in [0.25, 0.3) is 6.57 Å². The molecule has 90 valence electrons. The van der Waals surface area contributed by atoms with Gasteiger partial charge in [-0.3, -0.25) is 9.69 Å². The third kappa shape index (κ3) is 1.30. The topological polar surface area (TPSA) is 24.7 Å². The highest BCUT2D eigenvalue weighted by molar-refractivity contribution is 5.79. The molecule has 1 aliphatic carbocycles. The van der Waals surface area contributed by atoms with E-state index in [1.807, 2.05) is 13.1 Å². The smallest absolute Gasteiger partial charge is 0.275 e. The number of likely N-dealkylation sites (tertiary alicyclic amines) is 1. The van der Waals surface area contributed by atoms with E-state index in [-0.39, 0.29) is 11.3 Å². The van der Waals surface area contributed by atoms with E-state index in [9.17, 15) is 4.79 Å². The van der Waals surface area contributed by atoms with Crippen molar-refractivity contribution in [2.75, 3.05) is 7.05 Å². The third-order valence-corrected chi connectivity index (χ3v) is 4.58. The van der Waals surface area contributed by atoms with Crippen LogP contribution in [0.3, 0.4) is 0 Å². The van der Waals surface area contributed by atoms with Gasteiger partial charge in [0.1, 0.15) is 0 Å². The zero-order chi connectivity index (χ0) is 12.7. The SMILES string of the molecule is C#[N+][C@@]12CCC=C(C=C)[C@@]1(C)CCC(=O)N2C. The highest BCUT2D eigenvalue weighted by Gasteiger charge is 2.66. The molecule has 0 N–H and O–H groups in total. The van der Waals surface area contributed by atoms with Gasteiger partial charge in [0, 0.05) is 13.5 Å². The van der Waals surface area contributed by atoms with Crippen molar-refractivity contribution < 1.29 is 4.79 Å². The monoisotopic (exact) mass is 231 g/mol. The maximum Gasteiger partial charge on any atom is 0.367 e. The number of piperidine rings is 1. The van der Waals surface area contributed by atoms with Crippen LogP contribution in [0, 0.1) is 12.0 Å². The largest absolute Gasteiger partial charge is 0.367 e. The predicted octanol–water partition coefficient (Wildman–Crippen LogP) is 2.81. The first-order valence-electron chi connectivity index (χ1n) is 6.03. The molecule has 0 aromatic rings. The first-order chi connectivity index (χ1) is 8.02. The standard InChI is InChI=1S/C14H19N2O/c1-5-11-7-6-9-14(15-3)13(11,2)10-8-12(17)16(14)4/h3,5,7H,1,6,8-10H2,2,4H3/q+1/t13-,14-/m1/s1. The van der Waals surface area contributed by atoms with Gasteiger partial charge >= 0.3 is 5.66 Å². The molecule has 1 aliphatic heterocycles. The van der Waals surface area contributed by atoms with E-state index in [1.54, 1.807) is 4.90 Å². The van der Waals surface area contributed by atoms with Crippen LogP contribution in [0.25, 0.3) is 4.85 Å². The normalized spacial score (nSPS) is 36.9. The van der Waals surface area contributed by atoms with Crippen LogP contribution in [0.4, 0.5) is 0 Å². The minimum absolute atomic E-state index is 0.127. The second kappa shape index (κ2) is 3.73. The molecular weight excluding hydrogens is 212 g/mol. The Bertz CT molecular complexity index is 446. The Kier molecular flexibility index (Phi) is 2.61. The van der Waals surface area contributed by atoms with Crippen LogP contribution in [0.2, 0.25) is 0 Å². The van der Waals surface area contributed by atoms with E-state index in [2.05, 4.69) is 24.4 Å². The Labute approximate surface area is 103 Å². The van der Waals surface area contributed by atoms with Gasteiger partial charge in [-0.05, 0) is 25.3 Å². The van der Waals surface area contributed by atoms with Crippen LogP contribution in [-0.4, -0.2) is 23.5 Å². The Balaban J connectivity index is 2.59. The van der Waals surface area contributed by atoms with Crippen LogP contribution in [0.15, 0.2) is 24.3 Å². The van der Waals surface area contributed by atoms with Gasteiger partial charge in [-0.25, -0.2) is 0 Å². The number of fused-ring (bicyclic) bond motifs is 1. The number of nitrogens with zero attached hydrogens (tertiary/aromatic N) is 2. The molecule has 1 amide bonds. The molecule has 1 saturated heterocycles. The Hall–Kier alpha value is -1.56. The maximum absolute atomic E-state index is 11.9. The zero-order valence-corrected chi connectivity index (χ0v) is 10.6. The highest BCUT2D eigenvalue weighted by atomic mass is 16.2. The van der Waals surface area contributed by atoms with Crippen LogP contribution >= 0.6 is 0 Å². The summed E-state index contributed by atoms with van der Waals surface area (Å²) in [5.41, 5.74) is 0.364. The molecule has 2 rings (SSSR count). The van der Waals surface area contributed by atoms with Gasteiger partial charge < -0.3 is 0 Å². The van der Waals surface area contributed by atoms with Crippen molar-refractivity contribution in [3.05, 3.63) is 29.1 Å². The van der Waals surface area contributed by atoms with Crippen molar-refractivity contribution in [2.45, 2.75) is 38.3 Å². The molecule has 2 atom stereocenters. The van der Waals surface area contributed by atoms with Crippen molar-refractivity contribution in [3.63, 3.8) is 0 Å². The van der Waals surface area contributed by atoms with E-state index in [0.717, 1.165) is 24.8 Å². The van der Waals surface area contributed by atoms with Crippen molar-refractivity contribution in [1.82, 2.24) is 4.90 Å². The quantitative estimate of drug-likeness (QED) is 0.681. The number of hydrogen-bond acceptors (Lipinski definition) is 1. The van der Waals surface area contributed by atoms with Gasteiger partial charge in [0.2, 0.25) is 5.91 Å². The maximum atomic E-state index is 11.9. The number of rotatable bonds is 1. The van der Waals surface area contributed by atoms with E-state index >= 15 is 0 Å². The fourth-order valence-corrected chi connectivity index (χ4v) is 3.38. The summed E-state index contributed by atoms with van der Waals surface area (Å²) in [6.45, 7) is 11.7. The second-order valence-electron chi connectivity index (χ2n) is 5.13. The van der Waals surface area contributed by atoms with Gasteiger partial charge in [-0.1, -0.05) is 23.6 Å². The van der Waals surface area contributed by atoms with Crippen molar-refractivity contribution in [2.24, 2.45) is 5.41 Å². The Morgan fingerprint density at radius 2 is 2.29 bits per heavy atom. The number of carbonyl (C=O) groups excluding carboxylic acids is 1. The molecule has 3 nitrogen and oxygen atoms in total. The molecule has 2 aliphatic rings. The second-order valence-corrected chi connectivity index (χ2v) is 5.13. The lowest BCUT2D eigenvalue weighted by Gasteiger charge is -2.48. The molecule has 0 aromatic heterocycles. The lowest BCUT2D eigenvalue weighted by Crippen LogP contribution is -2.62. The molecule has 0 unspecified atom stereocenters. The summed E-state index contributed by atoms with van der Waals surface area (Å²) in [4.78, 5) is 17.8. The van der Waals surface area contributed by atoms with Gasteiger partial charge in [-0.2, -0.15) is 0 Å². The summed E-state index contributed by atoms with van der Waals surface area (Å²) in [6.07, 6.45) is 7.09. The minimum Gasteiger partial charge on any atom is -0.275 e. The Morgan fingerprint density at radius 3 is 2.88 bits per heavy atom. The molecule has 0 spiro atoms. The van der Waals surface area contributed by atoms with Crippen LogP contribution in [0.1, 0.15) is 32.6 Å². The van der Waals surface area contributed by atoms with Crippen molar-refractivity contribution >= 4 is 5.91 Å². The summed E-state index contributed by atoms with van der Waals surface area (Å²) >= 11 is 0. The summed E-state index contributed by atoms with van der Waals surface area (Å²) < 4.78 is 0. The van der Waals surface area contributed by atoms with E-state index < -0.39 is 5.66 Å². The predicted molar refractivity (Wildman–Crippen MR) is 68.7 cm³/mol. The van der Waals surface area contributed by atoms with Crippen LogP contribution < -0.4 is 0 Å². The zero-order valence-electron chi connectivity index (χ0n) is 10.6. The molecule has 0 saturated carbocycles. The molecule has 0 radical (unpaired) electrons. The molecule has 17 heavy (non-hydrogen) atoms.